The van der Waals surface area contributed by atoms with Crippen molar-refractivity contribution in [2.24, 2.45) is 0 Å². The van der Waals surface area contributed by atoms with E-state index in [1.54, 1.807) is 14.1 Å². The van der Waals surface area contributed by atoms with Gasteiger partial charge in [0.25, 0.3) is 0 Å². The van der Waals surface area contributed by atoms with Crippen LogP contribution in [0.3, 0.4) is 0 Å². The molecule has 0 unspecified atom stereocenters. The molecule has 0 saturated carbocycles. The monoisotopic (exact) mass is 157 g/mol. The molecule has 0 bridgehead atoms. The molecule has 0 heterocycles. The maximum Gasteiger partial charge on any atom is 1.00 e. The van der Waals surface area contributed by atoms with Crippen LogP contribution in [0.4, 0.5) is 0 Å². The van der Waals surface area contributed by atoms with Gasteiger partial charge in [-0.25, -0.2) is 0 Å². The Morgan fingerprint density at radius 1 is 1.56 bits per heavy atom. The predicted octanol–water partition coefficient (Wildman–Crippen LogP) is -2.74. The summed E-state index contributed by atoms with van der Waals surface area (Å²) in [5.74, 6) is 0.833. The van der Waals surface area contributed by atoms with Crippen LogP contribution in [0, 0.1) is 0 Å². The van der Waals surface area contributed by atoms with E-state index in [1.807, 2.05) is 6.92 Å². The molecule has 0 atom stereocenters. The Morgan fingerprint density at radius 3 is 1.67 bits per heavy atom. The molecule has 1 amide bonds. The molecule has 0 aliphatic carbocycles. The number of carbonyl (C=O) groups excluding carboxylic acids is 1. The summed E-state index contributed by atoms with van der Waals surface area (Å²) in [5, 5.41) is 0. The Labute approximate surface area is 84.7 Å². The summed E-state index contributed by atoms with van der Waals surface area (Å²) in [6.45, 7) is 1.94. The van der Waals surface area contributed by atoms with E-state index in [1.165, 1.54) is 4.90 Å². The third-order valence-corrected chi connectivity index (χ3v) is 0.211. The molecule has 0 saturated heterocycles. The maximum absolute atomic E-state index is 9.43. The average Bonchev–Trinajstić information content (AvgIpc) is 1.69. The standard InChI is InChI=1S/C3H7NO.C2H6S.Na/c1-4(2)3-5;1-2-3;/h3H,1-2H3;3H,2H2,1H3;/q;;+1/p-1. The molecular weight excluding hydrogens is 145 g/mol. The van der Waals surface area contributed by atoms with Crippen LogP contribution in [0.2, 0.25) is 0 Å². The quantitative estimate of drug-likeness (QED) is 0.234. The summed E-state index contributed by atoms with van der Waals surface area (Å²) in [5.41, 5.74) is 0. The van der Waals surface area contributed by atoms with Crippen molar-refractivity contribution in [2.75, 3.05) is 19.8 Å². The van der Waals surface area contributed by atoms with Crippen molar-refractivity contribution in [1.29, 1.82) is 0 Å². The molecule has 0 aliphatic heterocycles. The first kappa shape index (κ1) is 16.4. The molecule has 0 aliphatic rings. The summed E-state index contributed by atoms with van der Waals surface area (Å²) in [6.07, 6.45) is 0.750. The van der Waals surface area contributed by atoms with Gasteiger partial charge in [-0.05, 0) is 0 Å². The average molecular weight is 157 g/mol. The van der Waals surface area contributed by atoms with Crippen LogP contribution in [0.15, 0.2) is 0 Å². The number of nitrogens with zero attached hydrogens (tertiary/aromatic N) is 1. The second-order valence-electron chi connectivity index (χ2n) is 1.36. The topological polar surface area (TPSA) is 20.3 Å². The number of hydrogen-bond acceptors (Lipinski definition) is 2. The van der Waals surface area contributed by atoms with Crippen molar-refractivity contribution < 1.29 is 34.4 Å². The van der Waals surface area contributed by atoms with Crippen LogP contribution < -0.4 is 29.6 Å². The summed E-state index contributed by atoms with van der Waals surface area (Å²) in [7, 11) is 3.38. The van der Waals surface area contributed by atoms with Crippen LogP contribution in [0.25, 0.3) is 0 Å². The Hall–Kier alpha value is 0.820. The molecular formula is C5H12NNaOS. The fourth-order valence-electron chi connectivity index (χ4n) is 0. The molecule has 4 heteroatoms. The van der Waals surface area contributed by atoms with Crippen molar-refractivity contribution in [3.05, 3.63) is 0 Å². The number of carbonyl (C=O) groups is 1. The van der Waals surface area contributed by atoms with Gasteiger partial charge in [0.15, 0.2) is 0 Å². The van der Waals surface area contributed by atoms with E-state index in [9.17, 15) is 4.79 Å². The number of amides is 1. The molecule has 0 spiro atoms. The van der Waals surface area contributed by atoms with Gasteiger partial charge in [-0.2, -0.15) is 5.75 Å². The van der Waals surface area contributed by atoms with Crippen LogP contribution >= 0.6 is 0 Å². The van der Waals surface area contributed by atoms with Crippen molar-refractivity contribution in [3.63, 3.8) is 0 Å². The Bertz CT molecular complexity index is 52.2. The third-order valence-electron chi connectivity index (χ3n) is 0.211. The fourth-order valence-corrected chi connectivity index (χ4v) is 0. The van der Waals surface area contributed by atoms with Gasteiger partial charge >= 0.3 is 29.6 Å². The van der Waals surface area contributed by atoms with Crippen molar-refractivity contribution in [2.45, 2.75) is 6.92 Å². The van der Waals surface area contributed by atoms with Crippen LogP contribution in [0.5, 0.6) is 0 Å². The second kappa shape index (κ2) is 15.9. The van der Waals surface area contributed by atoms with Gasteiger partial charge in [-0.1, -0.05) is 6.92 Å². The second-order valence-corrected chi connectivity index (χ2v) is 1.94. The first-order valence-corrected chi connectivity index (χ1v) is 2.96. The maximum atomic E-state index is 9.43. The van der Waals surface area contributed by atoms with Gasteiger partial charge in [-0.15, -0.1) is 0 Å². The van der Waals surface area contributed by atoms with E-state index < -0.39 is 0 Å². The first-order valence-electron chi connectivity index (χ1n) is 2.38. The van der Waals surface area contributed by atoms with Crippen LogP contribution in [0.1, 0.15) is 6.92 Å². The molecule has 2 nitrogen and oxygen atoms in total. The van der Waals surface area contributed by atoms with Gasteiger partial charge in [0.2, 0.25) is 6.41 Å². The predicted molar refractivity (Wildman–Crippen MR) is 37.7 cm³/mol. The summed E-state index contributed by atoms with van der Waals surface area (Å²) in [4.78, 5) is 10.9. The molecule has 50 valence electrons. The van der Waals surface area contributed by atoms with Gasteiger partial charge in [-0.3, -0.25) is 4.79 Å². The molecule has 0 aromatic heterocycles. The summed E-state index contributed by atoms with van der Waals surface area (Å²) in [6, 6.07) is 0. The molecule has 0 N–H and O–H groups in total. The number of hydrogen-bond donors (Lipinski definition) is 0. The first-order chi connectivity index (χ1) is 3.68. The smallest absolute Gasteiger partial charge is 0.793 e. The van der Waals surface area contributed by atoms with E-state index in [-0.39, 0.29) is 29.6 Å². The van der Waals surface area contributed by atoms with E-state index in [4.69, 9.17) is 0 Å². The van der Waals surface area contributed by atoms with Crippen molar-refractivity contribution >= 4 is 19.0 Å². The van der Waals surface area contributed by atoms with Gasteiger partial charge in [0, 0.05) is 14.1 Å². The van der Waals surface area contributed by atoms with Crippen molar-refractivity contribution in [3.8, 4) is 0 Å². The van der Waals surface area contributed by atoms with Crippen LogP contribution in [-0.2, 0) is 17.4 Å². The Morgan fingerprint density at radius 2 is 1.67 bits per heavy atom. The third kappa shape index (κ3) is 51.6. The molecule has 0 aromatic rings. The Kier molecular flexibility index (Phi) is 29.1. The molecule has 0 radical (unpaired) electrons. The minimum Gasteiger partial charge on any atom is -0.793 e. The van der Waals surface area contributed by atoms with Crippen molar-refractivity contribution in [1.82, 2.24) is 4.90 Å². The zero-order valence-electron chi connectivity index (χ0n) is 6.55. The van der Waals surface area contributed by atoms with E-state index in [2.05, 4.69) is 12.6 Å². The zero-order valence-corrected chi connectivity index (χ0v) is 9.36. The SMILES string of the molecule is CC[S-].CN(C)C=O.[Na+]. The molecule has 0 rings (SSSR count). The summed E-state index contributed by atoms with van der Waals surface area (Å²) >= 11 is 4.39. The van der Waals surface area contributed by atoms with Crippen LogP contribution in [-0.4, -0.2) is 31.2 Å². The number of rotatable bonds is 1. The van der Waals surface area contributed by atoms with E-state index >= 15 is 0 Å². The molecule has 0 aromatic carbocycles. The zero-order chi connectivity index (χ0) is 6.99. The minimum atomic E-state index is 0. The van der Waals surface area contributed by atoms with E-state index in [0.717, 1.165) is 12.2 Å². The van der Waals surface area contributed by atoms with Gasteiger partial charge < -0.3 is 17.5 Å². The van der Waals surface area contributed by atoms with E-state index in [0.29, 0.717) is 0 Å². The van der Waals surface area contributed by atoms with Gasteiger partial charge in [0.05, 0.1) is 0 Å². The summed E-state index contributed by atoms with van der Waals surface area (Å²) < 4.78 is 0. The normalized spacial score (nSPS) is 5.78. The fraction of sp³-hybridized carbons (Fsp3) is 0.800. The Balaban J connectivity index is -0.0000000800. The van der Waals surface area contributed by atoms with Gasteiger partial charge in [0.1, 0.15) is 0 Å². The molecule has 0 fully saturated rings. The molecule has 9 heavy (non-hydrogen) atoms. The largest absolute Gasteiger partial charge is 1.00 e. The minimum absolute atomic E-state index is 0.